The minimum Gasteiger partial charge on any atom is -0.478 e. The predicted molar refractivity (Wildman–Crippen MR) is 111 cm³/mol. The van der Waals surface area contributed by atoms with Crippen LogP contribution in [0.5, 0.6) is 0 Å². The lowest BCUT2D eigenvalue weighted by Crippen LogP contribution is -2.24. The Bertz CT molecular complexity index is 823. The number of thiazole rings is 1. The van der Waals surface area contributed by atoms with Crippen molar-refractivity contribution in [2.45, 2.75) is 26.3 Å². The Morgan fingerprint density at radius 1 is 1.19 bits per heavy atom. The number of aliphatic carboxylic acids is 2. The van der Waals surface area contributed by atoms with E-state index in [1.165, 1.54) is 16.1 Å². The summed E-state index contributed by atoms with van der Waals surface area (Å²) >= 11 is 7.15. The van der Waals surface area contributed by atoms with E-state index >= 15 is 0 Å². The third kappa shape index (κ3) is 8.29. The molecule has 1 heterocycles. The van der Waals surface area contributed by atoms with Crippen molar-refractivity contribution in [2.24, 2.45) is 7.05 Å². The number of hydrogen-bond donors (Lipinski definition) is 3. The van der Waals surface area contributed by atoms with Crippen molar-refractivity contribution in [3.05, 3.63) is 51.3 Å². The van der Waals surface area contributed by atoms with Gasteiger partial charge in [0, 0.05) is 36.7 Å². The van der Waals surface area contributed by atoms with Gasteiger partial charge in [0.1, 0.15) is 0 Å². The van der Waals surface area contributed by atoms with Gasteiger partial charge in [0.2, 0.25) is 0 Å². The molecule has 0 aliphatic rings. The first-order valence-corrected chi connectivity index (χ1v) is 9.56. The molecule has 1 aromatic heterocycles. The van der Waals surface area contributed by atoms with Crippen molar-refractivity contribution in [1.82, 2.24) is 9.88 Å². The third-order valence-corrected chi connectivity index (χ3v) is 5.02. The Hall–Kier alpha value is -2.29. The zero-order valence-electron chi connectivity index (χ0n) is 15.5. The number of hydrogen-bond acceptors (Lipinski definition) is 5. The van der Waals surface area contributed by atoms with Gasteiger partial charge < -0.3 is 20.1 Å². The van der Waals surface area contributed by atoms with Gasteiger partial charge in [-0.1, -0.05) is 44.2 Å². The summed E-state index contributed by atoms with van der Waals surface area (Å²) in [5.41, 5.74) is 2.51. The fourth-order valence-electron chi connectivity index (χ4n) is 2.24. The molecule has 0 radical (unpaired) electrons. The number of rotatable bonds is 7. The number of carboxylic acid groups (broad SMARTS) is 2. The highest BCUT2D eigenvalue weighted by Gasteiger charge is 2.12. The molecule has 1 aromatic carbocycles. The fraction of sp³-hybridized carbons (Fsp3) is 0.316. The second-order valence-corrected chi connectivity index (χ2v) is 7.66. The molecule has 146 valence electrons. The molecule has 0 aliphatic carbocycles. The van der Waals surface area contributed by atoms with Crippen molar-refractivity contribution in [2.75, 3.05) is 6.54 Å². The van der Waals surface area contributed by atoms with Crippen molar-refractivity contribution < 1.29 is 19.8 Å². The second-order valence-electron chi connectivity index (χ2n) is 5.93. The van der Waals surface area contributed by atoms with Gasteiger partial charge in [0.15, 0.2) is 3.95 Å². The molecule has 2 aromatic rings. The largest absolute Gasteiger partial charge is 0.478 e. The summed E-state index contributed by atoms with van der Waals surface area (Å²) in [6, 6.07) is 11.0. The Morgan fingerprint density at radius 2 is 1.74 bits per heavy atom. The minimum atomic E-state index is -1.26. The van der Waals surface area contributed by atoms with Gasteiger partial charge in [-0.2, -0.15) is 0 Å². The maximum absolute atomic E-state index is 9.55. The fourth-order valence-corrected chi connectivity index (χ4v) is 3.63. The quantitative estimate of drug-likeness (QED) is 0.478. The number of benzene rings is 1. The van der Waals surface area contributed by atoms with E-state index in [2.05, 4.69) is 55.0 Å². The van der Waals surface area contributed by atoms with E-state index in [-0.39, 0.29) is 0 Å². The van der Waals surface area contributed by atoms with Crippen molar-refractivity contribution in [3.8, 4) is 11.3 Å². The Morgan fingerprint density at radius 3 is 2.22 bits per heavy atom. The smallest absolute Gasteiger partial charge is 0.328 e. The summed E-state index contributed by atoms with van der Waals surface area (Å²) in [6.07, 6.45) is 2.14. The molecule has 0 saturated carbocycles. The molecule has 0 atom stereocenters. The first-order chi connectivity index (χ1) is 12.7. The van der Waals surface area contributed by atoms with E-state index in [9.17, 15) is 9.59 Å². The van der Waals surface area contributed by atoms with Crippen molar-refractivity contribution in [3.63, 3.8) is 0 Å². The third-order valence-electron chi connectivity index (χ3n) is 3.40. The highest BCUT2D eigenvalue weighted by molar-refractivity contribution is 7.73. The topological polar surface area (TPSA) is 91.6 Å². The average Bonchev–Trinajstić information content (AvgIpc) is 2.88. The number of carboxylic acids is 2. The SMILES string of the molecule is CC(C)NCCc1sc(=S)n(C)c1-c1ccccc1.O=C(O)C=CC(=O)O. The van der Waals surface area contributed by atoms with Crippen LogP contribution in [-0.4, -0.2) is 39.3 Å². The van der Waals surface area contributed by atoms with Gasteiger partial charge in [0.05, 0.1) is 5.69 Å². The molecular weight excluding hydrogens is 384 g/mol. The van der Waals surface area contributed by atoms with Gasteiger partial charge in [-0.3, -0.25) is 0 Å². The van der Waals surface area contributed by atoms with Crippen LogP contribution >= 0.6 is 23.6 Å². The van der Waals surface area contributed by atoms with Gasteiger partial charge in [-0.25, -0.2) is 9.59 Å². The molecule has 0 amide bonds. The van der Waals surface area contributed by atoms with Crippen molar-refractivity contribution in [1.29, 1.82) is 0 Å². The molecule has 8 heteroatoms. The molecule has 0 bridgehead atoms. The lowest BCUT2D eigenvalue weighted by Gasteiger charge is -2.09. The molecule has 0 fully saturated rings. The second kappa shape index (κ2) is 11.4. The highest BCUT2D eigenvalue weighted by atomic mass is 32.1. The Kier molecular flexibility index (Phi) is 9.63. The van der Waals surface area contributed by atoms with Crippen LogP contribution in [-0.2, 0) is 23.1 Å². The van der Waals surface area contributed by atoms with E-state index < -0.39 is 11.9 Å². The average molecular weight is 409 g/mol. The molecule has 2 rings (SSSR count). The Balaban J connectivity index is 0.000000387. The van der Waals surface area contributed by atoms with E-state index in [0.717, 1.165) is 16.9 Å². The minimum absolute atomic E-state index is 0.525. The summed E-state index contributed by atoms with van der Waals surface area (Å²) in [7, 11) is 2.06. The van der Waals surface area contributed by atoms with Crippen LogP contribution in [0.25, 0.3) is 11.3 Å². The molecule has 0 saturated heterocycles. The van der Waals surface area contributed by atoms with Crippen LogP contribution in [0.1, 0.15) is 18.7 Å². The predicted octanol–water partition coefficient (Wildman–Crippen LogP) is 3.74. The molecule has 0 spiro atoms. The van der Waals surface area contributed by atoms with E-state index in [1.54, 1.807) is 11.3 Å². The van der Waals surface area contributed by atoms with Crippen molar-refractivity contribution >= 4 is 35.5 Å². The van der Waals surface area contributed by atoms with E-state index in [4.69, 9.17) is 22.4 Å². The normalized spacial score (nSPS) is 10.7. The molecular formula is C19H24N2O4S2. The first-order valence-electron chi connectivity index (χ1n) is 8.33. The van der Waals surface area contributed by atoms with Crippen LogP contribution in [0, 0.1) is 3.95 Å². The highest BCUT2D eigenvalue weighted by Crippen LogP contribution is 2.29. The summed E-state index contributed by atoms with van der Waals surface area (Å²) in [4.78, 5) is 20.5. The van der Waals surface area contributed by atoms with E-state index in [0.29, 0.717) is 18.2 Å². The van der Waals surface area contributed by atoms with Gasteiger partial charge in [-0.05, 0) is 24.2 Å². The zero-order chi connectivity index (χ0) is 20.4. The molecule has 27 heavy (non-hydrogen) atoms. The van der Waals surface area contributed by atoms with Crippen LogP contribution in [0.3, 0.4) is 0 Å². The van der Waals surface area contributed by atoms with Crippen LogP contribution < -0.4 is 5.32 Å². The van der Waals surface area contributed by atoms with Gasteiger partial charge in [-0.15, -0.1) is 11.3 Å². The number of nitrogens with zero attached hydrogens (tertiary/aromatic N) is 1. The van der Waals surface area contributed by atoms with Crippen LogP contribution in [0.15, 0.2) is 42.5 Å². The van der Waals surface area contributed by atoms with Gasteiger partial charge >= 0.3 is 11.9 Å². The molecule has 6 nitrogen and oxygen atoms in total. The maximum Gasteiger partial charge on any atom is 0.328 e. The lowest BCUT2D eigenvalue weighted by atomic mass is 10.1. The first kappa shape index (κ1) is 22.8. The molecule has 0 unspecified atom stereocenters. The maximum atomic E-state index is 9.55. The number of nitrogens with one attached hydrogen (secondary N) is 1. The standard InChI is InChI=1S/C15H20N2S2.C4H4O4/c1-11(2)16-10-9-13-14(17(3)15(18)19-13)12-7-5-4-6-8-12;5-3(6)1-2-4(7)8/h4-8,11,16H,9-10H2,1-3H3;1-2H,(H,5,6)(H,7,8). The zero-order valence-corrected chi connectivity index (χ0v) is 17.1. The van der Waals surface area contributed by atoms with Gasteiger partial charge in [0.25, 0.3) is 0 Å². The van der Waals surface area contributed by atoms with Crippen LogP contribution in [0.4, 0.5) is 0 Å². The van der Waals surface area contributed by atoms with Crippen LogP contribution in [0.2, 0.25) is 0 Å². The summed E-state index contributed by atoms with van der Waals surface area (Å²) in [5.74, 6) is -2.51. The molecule has 3 N–H and O–H groups in total. The molecule has 0 aliphatic heterocycles. The summed E-state index contributed by atoms with van der Waals surface area (Å²) in [5, 5.41) is 19.1. The number of aromatic nitrogens is 1. The number of carbonyl (C=O) groups is 2. The lowest BCUT2D eigenvalue weighted by molar-refractivity contribution is -0.134. The Labute approximate surface area is 167 Å². The summed E-state index contributed by atoms with van der Waals surface area (Å²) in [6.45, 7) is 5.34. The van der Waals surface area contributed by atoms with E-state index in [1.807, 2.05) is 6.07 Å². The summed E-state index contributed by atoms with van der Waals surface area (Å²) < 4.78 is 3.07. The monoisotopic (exact) mass is 408 g/mol.